The van der Waals surface area contributed by atoms with Gasteiger partial charge >= 0.3 is 0 Å². The lowest BCUT2D eigenvalue weighted by Crippen LogP contribution is -2.15. The second-order valence-electron chi connectivity index (χ2n) is 4.19. The van der Waals surface area contributed by atoms with Crippen molar-refractivity contribution in [1.29, 1.82) is 0 Å². The van der Waals surface area contributed by atoms with Crippen LogP contribution in [0, 0.1) is 13.8 Å². The number of halogens is 2. The van der Waals surface area contributed by atoms with E-state index >= 15 is 0 Å². The Morgan fingerprint density at radius 3 is 2.79 bits per heavy atom. The summed E-state index contributed by atoms with van der Waals surface area (Å²) in [7, 11) is 0. The van der Waals surface area contributed by atoms with Gasteiger partial charge in [-0.15, -0.1) is 0 Å². The molecule has 1 N–H and O–H groups in total. The summed E-state index contributed by atoms with van der Waals surface area (Å²) in [6.45, 7) is 3.71. The van der Waals surface area contributed by atoms with Crippen molar-refractivity contribution >= 4 is 39.3 Å². The number of hydrogen-bond acceptors (Lipinski definition) is 2. The number of aryl methyl sites for hydroxylation is 1. The van der Waals surface area contributed by atoms with Gasteiger partial charge in [0.05, 0.1) is 0 Å². The first kappa shape index (κ1) is 14.0. The quantitative estimate of drug-likeness (QED) is 0.883. The minimum atomic E-state index is -0.210. The van der Waals surface area contributed by atoms with E-state index in [0.29, 0.717) is 16.4 Å². The van der Waals surface area contributed by atoms with E-state index in [1.165, 1.54) is 0 Å². The SMILES string of the molecule is Cc1cc(Br)cnc1NC(=O)c1cccc(Cl)c1C. The summed E-state index contributed by atoms with van der Waals surface area (Å²) < 4.78 is 0.877. The van der Waals surface area contributed by atoms with Crippen LogP contribution in [0.5, 0.6) is 0 Å². The van der Waals surface area contributed by atoms with E-state index in [0.717, 1.165) is 15.6 Å². The minimum Gasteiger partial charge on any atom is -0.306 e. The standard InChI is InChI=1S/C14H12BrClN2O/c1-8-6-10(15)7-17-13(8)18-14(19)11-4-3-5-12(16)9(11)2/h3-7H,1-2H3,(H,17,18,19). The lowest BCUT2D eigenvalue weighted by molar-refractivity contribution is 0.102. The highest BCUT2D eigenvalue weighted by Gasteiger charge is 2.12. The third-order valence-corrected chi connectivity index (χ3v) is 3.63. The van der Waals surface area contributed by atoms with Gasteiger partial charge < -0.3 is 5.32 Å². The molecule has 3 nitrogen and oxygen atoms in total. The number of benzene rings is 1. The Hall–Kier alpha value is -1.39. The highest BCUT2D eigenvalue weighted by Crippen LogP contribution is 2.21. The molecule has 0 saturated heterocycles. The first-order valence-electron chi connectivity index (χ1n) is 5.67. The highest BCUT2D eigenvalue weighted by atomic mass is 79.9. The molecule has 5 heteroatoms. The van der Waals surface area contributed by atoms with Crippen LogP contribution < -0.4 is 5.32 Å². The Labute approximate surface area is 125 Å². The molecule has 1 heterocycles. The van der Waals surface area contributed by atoms with Gasteiger partial charge in [0.2, 0.25) is 0 Å². The topological polar surface area (TPSA) is 42.0 Å². The van der Waals surface area contributed by atoms with E-state index in [1.807, 2.05) is 19.9 Å². The monoisotopic (exact) mass is 338 g/mol. The molecule has 0 atom stereocenters. The van der Waals surface area contributed by atoms with E-state index in [4.69, 9.17) is 11.6 Å². The fourth-order valence-corrected chi connectivity index (χ4v) is 2.32. The van der Waals surface area contributed by atoms with Crippen molar-refractivity contribution in [3.63, 3.8) is 0 Å². The Kier molecular flexibility index (Phi) is 4.22. The molecule has 0 unspecified atom stereocenters. The first-order chi connectivity index (χ1) is 8.99. The van der Waals surface area contributed by atoms with Crippen LogP contribution in [0.4, 0.5) is 5.82 Å². The van der Waals surface area contributed by atoms with Crippen molar-refractivity contribution in [3.05, 3.63) is 56.6 Å². The average Bonchev–Trinajstić information content (AvgIpc) is 2.36. The summed E-state index contributed by atoms with van der Waals surface area (Å²) in [5, 5.41) is 3.37. The fourth-order valence-electron chi connectivity index (χ4n) is 1.70. The van der Waals surface area contributed by atoms with Crippen molar-refractivity contribution in [1.82, 2.24) is 4.98 Å². The molecular weight excluding hydrogens is 328 g/mol. The third-order valence-electron chi connectivity index (χ3n) is 2.79. The molecule has 98 valence electrons. The molecule has 1 amide bonds. The zero-order chi connectivity index (χ0) is 14.0. The Bertz CT molecular complexity index is 643. The van der Waals surface area contributed by atoms with Gasteiger partial charge in [-0.1, -0.05) is 17.7 Å². The molecule has 0 aliphatic heterocycles. The average molecular weight is 340 g/mol. The summed E-state index contributed by atoms with van der Waals surface area (Å²) in [4.78, 5) is 16.4. The molecule has 1 aromatic heterocycles. The maximum Gasteiger partial charge on any atom is 0.257 e. The summed E-state index contributed by atoms with van der Waals surface area (Å²) in [5.41, 5.74) is 2.20. The summed E-state index contributed by atoms with van der Waals surface area (Å²) in [6.07, 6.45) is 1.65. The number of rotatable bonds is 2. The van der Waals surface area contributed by atoms with Crippen molar-refractivity contribution in [2.45, 2.75) is 13.8 Å². The minimum absolute atomic E-state index is 0.210. The molecule has 2 aromatic rings. The van der Waals surface area contributed by atoms with Gasteiger partial charge in [0.15, 0.2) is 0 Å². The Morgan fingerprint density at radius 2 is 2.11 bits per heavy atom. The van der Waals surface area contributed by atoms with E-state index in [1.54, 1.807) is 24.4 Å². The molecule has 0 aliphatic rings. The van der Waals surface area contributed by atoms with Gasteiger partial charge in [-0.3, -0.25) is 4.79 Å². The van der Waals surface area contributed by atoms with E-state index in [9.17, 15) is 4.79 Å². The number of carbonyl (C=O) groups is 1. The molecule has 19 heavy (non-hydrogen) atoms. The number of hydrogen-bond donors (Lipinski definition) is 1. The number of nitrogens with one attached hydrogen (secondary N) is 1. The van der Waals surface area contributed by atoms with Crippen molar-refractivity contribution in [2.24, 2.45) is 0 Å². The predicted octanol–water partition coefficient (Wildman–Crippen LogP) is 4.37. The van der Waals surface area contributed by atoms with Crippen LogP contribution in [0.3, 0.4) is 0 Å². The fraction of sp³-hybridized carbons (Fsp3) is 0.143. The molecule has 0 saturated carbocycles. The van der Waals surface area contributed by atoms with Crippen molar-refractivity contribution in [2.75, 3.05) is 5.32 Å². The maximum atomic E-state index is 12.2. The second kappa shape index (κ2) is 5.72. The van der Waals surface area contributed by atoms with Crippen LogP contribution in [0.1, 0.15) is 21.5 Å². The van der Waals surface area contributed by atoms with E-state index in [-0.39, 0.29) is 5.91 Å². The van der Waals surface area contributed by atoms with Gasteiger partial charge in [0, 0.05) is 21.3 Å². The molecule has 1 aromatic carbocycles. The van der Waals surface area contributed by atoms with Crippen LogP contribution in [-0.2, 0) is 0 Å². The van der Waals surface area contributed by atoms with Gasteiger partial charge in [-0.25, -0.2) is 4.98 Å². The maximum absolute atomic E-state index is 12.2. The van der Waals surface area contributed by atoms with Crippen LogP contribution in [0.2, 0.25) is 5.02 Å². The molecule has 0 radical (unpaired) electrons. The normalized spacial score (nSPS) is 10.3. The summed E-state index contributed by atoms with van der Waals surface area (Å²) >= 11 is 9.35. The predicted molar refractivity (Wildman–Crippen MR) is 80.8 cm³/mol. The van der Waals surface area contributed by atoms with Crippen molar-refractivity contribution in [3.8, 4) is 0 Å². The summed E-state index contributed by atoms with van der Waals surface area (Å²) in [5.74, 6) is 0.338. The van der Waals surface area contributed by atoms with Gasteiger partial charge in [-0.05, 0) is 59.1 Å². The lowest BCUT2D eigenvalue weighted by atomic mass is 10.1. The van der Waals surface area contributed by atoms with Crippen LogP contribution in [-0.4, -0.2) is 10.9 Å². The van der Waals surface area contributed by atoms with Crippen LogP contribution in [0.25, 0.3) is 0 Å². The number of carbonyl (C=O) groups excluding carboxylic acids is 1. The Balaban J connectivity index is 2.28. The zero-order valence-electron chi connectivity index (χ0n) is 10.5. The van der Waals surface area contributed by atoms with E-state index < -0.39 is 0 Å². The van der Waals surface area contributed by atoms with Crippen molar-refractivity contribution < 1.29 is 4.79 Å². The van der Waals surface area contributed by atoms with Gasteiger partial charge in [-0.2, -0.15) is 0 Å². The van der Waals surface area contributed by atoms with E-state index in [2.05, 4.69) is 26.2 Å². The Morgan fingerprint density at radius 1 is 1.37 bits per heavy atom. The molecule has 0 spiro atoms. The van der Waals surface area contributed by atoms with Crippen LogP contribution in [0.15, 0.2) is 34.9 Å². The highest BCUT2D eigenvalue weighted by molar-refractivity contribution is 9.10. The number of aromatic nitrogens is 1. The molecule has 0 aliphatic carbocycles. The van der Waals surface area contributed by atoms with Crippen LogP contribution >= 0.6 is 27.5 Å². The van der Waals surface area contributed by atoms with Gasteiger partial charge in [0.1, 0.15) is 5.82 Å². The number of pyridine rings is 1. The summed E-state index contributed by atoms with van der Waals surface area (Å²) in [6, 6.07) is 7.15. The number of anilines is 1. The first-order valence-corrected chi connectivity index (χ1v) is 6.84. The molecule has 2 rings (SSSR count). The number of amides is 1. The second-order valence-corrected chi connectivity index (χ2v) is 5.51. The number of nitrogens with zero attached hydrogens (tertiary/aromatic N) is 1. The lowest BCUT2D eigenvalue weighted by Gasteiger charge is -2.10. The smallest absolute Gasteiger partial charge is 0.257 e. The molecule has 0 fully saturated rings. The molecule has 0 bridgehead atoms. The third kappa shape index (κ3) is 3.14. The van der Waals surface area contributed by atoms with Gasteiger partial charge in [0.25, 0.3) is 5.91 Å². The zero-order valence-corrected chi connectivity index (χ0v) is 12.8. The largest absolute Gasteiger partial charge is 0.306 e. The molecular formula is C14H12BrClN2O.